The summed E-state index contributed by atoms with van der Waals surface area (Å²) in [6.45, 7) is 4.92. The number of carbonyl (C=O) groups excluding carboxylic acids is 4. The molecule has 29 heavy (non-hydrogen) atoms. The molecule has 2 heterocycles. The van der Waals surface area contributed by atoms with Crippen molar-refractivity contribution in [2.75, 3.05) is 5.75 Å². The smallest absolute Gasteiger partial charge is 0.330 e. The highest BCUT2D eigenvalue weighted by Crippen LogP contribution is 2.54. The summed E-state index contributed by atoms with van der Waals surface area (Å²) in [5, 5.41) is 4.67. The van der Waals surface area contributed by atoms with Gasteiger partial charge in [0.25, 0.3) is 5.91 Å². The van der Waals surface area contributed by atoms with Gasteiger partial charge in [-0.1, -0.05) is 30.3 Å². The number of benzene rings is 1. The summed E-state index contributed by atoms with van der Waals surface area (Å²) in [6, 6.07) is 8.08. The summed E-state index contributed by atoms with van der Waals surface area (Å²) in [4.78, 5) is 50.2. The number of hydrogen-bond donors (Lipinski definition) is 2. The van der Waals surface area contributed by atoms with Gasteiger partial charge in [0.05, 0.1) is 0 Å². The van der Waals surface area contributed by atoms with E-state index in [1.54, 1.807) is 30.5 Å². The molecule has 0 saturated carbocycles. The van der Waals surface area contributed by atoms with Crippen LogP contribution < -0.4 is 10.6 Å². The van der Waals surface area contributed by atoms with Crippen molar-refractivity contribution in [2.45, 2.75) is 56.7 Å². The van der Waals surface area contributed by atoms with Crippen LogP contribution in [0.4, 0.5) is 4.79 Å². The molecule has 3 atom stereocenters. The standard InChI is InChI=1S/C20H25N3O5S/c1-12(2)21-19(27)22-17(25)13(3)28-18(26)15-11-29-20(10-9-16(24)23(15)20)14-7-5-4-6-8-14/h4-8,12-13,15H,9-11H2,1-3H3,(H2,21,22,25,27)/t13-,15+,20+/m0/s1. The number of nitrogens with one attached hydrogen (secondary N) is 2. The van der Waals surface area contributed by atoms with E-state index in [4.69, 9.17) is 4.74 Å². The highest BCUT2D eigenvalue weighted by atomic mass is 32.2. The Morgan fingerprint density at radius 1 is 1.21 bits per heavy atom. The Labute approximate surface area is 173 Å². The Morgan fingerprint density at radius 3 is 2.55 bits per heavy atom. The monoisotopic (exact) mass is 419 g/mol. The van der Waals surface area contributed by atoms with Crippen molar-refractivity contribution < 1.29 is 23.9 Å². The molecule has 9 heteroatoms. The molecule has 0 radical (unpaired) electrons. The van der Waals surface area contributed by atoms with Crippen LogP contribution in [0.2, 0.25) is 0 Å². The average molecular weight is 420 g/mol. The van der Waals surface area contributed by atoms with E-state index in [9.17, 15) is 19.2 Å². The molecule has 156 valence electrons. The van der Waals surface area contributed by atoms with Gasteiger partial charge in [0.2, 0.25) is 5.91 Å². The second-order valence-electron chi connectivity index (χ2n) is 7.44. The predicted molar refractivity (Wildman–Crippen MR) is 108 cm³/mol. The fraction of sp³-hybridized carbons (Fsp3) is 0.500. The van der Waals surface area contributed by atoms with Crippen LogP contribution in [0.15, 0.2) is 30.3 Å². The second kappa shape index (κ2) is 8.44. The minimum Gasteiger partial charge on any atom is -0.451 e. The molecule has 0 bridgehead atoms. The predicted octanol–water partition coefficient (Wildman–Crippen LogP) is 1.74. The minimum atomic E-state index is -1.16. The van der Waals surface area contributed by atoms with Crippen molar-refractivity contribution in [3.63, 3.8) is 0 Å². The van der Waals surface area contributed by atoms with E-state index in [2.05, 4.69) is 10.6 Å². The molecule has 4 amide bonds. The third-order valence-corrected chi connectivity index (χ3v) is 6.54. The first-order chi connectivity index (χ1) is 13.7. The first-order valence-corrected chi connectivity index (χ1v) is 10.6. The summed E-state index contributed by atoms with van der Waals surface area (Å²) in [5.74, 6) is -1.07. The van der Waals surface area contributed by atoms with Gasteiger partial charge in [-0.05, 0) is 32.8 Å². The van der Waals surface area contributed by atoms with Gasteiger partial charge < -0.3 is 15.0 Å². The van der Waals surface area contributed by atoms with Gasteiger partial charge in [-0.2, -0.15) is 0 Å². The van der Waals surface area contributed by atoms with Gasteiger partial charge in [0, 0.05) is 18.2 Å². The number of thioether (sulfide) groups is 1. The Balaban J connectivity index is 1.68. The van der Waals surface area contributed by atoms with Crippen LogP contribution in [0.5, 0.6) is 0 Å². The van der Waals surface area contributed by atoms with Crippen LogP contribution in [0.25, 0.3) is 0 Å². The molecule has 3 rings (SSSR count). The topological polar surface area (TPSA) is 105 Å². The Kier molecular flexibility index (Phi) is 6.16. The maximum atomic E-state index is 12.8. The number of nitrogens with zero attached hydrogens (tertiary/aromatic N) is 1. The van der Waals surface area contributed by atoms with Gasteiger partial charge in [0.1, 0.15) is 10.9 Å². The fourth-order valence-corrected chi connectivity index (χ4v) is 5.27. The molecule has 0 unspecified atom stereocenters. The number of amides is 4. The average Bonchev–Trinajstić information content (AvgIpc) is 3.21. The summed E-state index contributed by atoms with van der Waals surface area (Å²) in [6.07, 6.45) is -0.179. The van der Waals surface area contributed by atoms with Crippen molar-refractivity contribution in [3.8, 4) is 0 Å². The number of ether oxygens (including phenoxy) is 1. The van der Waals surface area contributed by atoms with Gasteiger partial charge >= 0.3 is 12.0 Å². The van der Waals surface area contributed by atoms with Crippen LogP contribution in [0.3, 0.4) is 0 Å². The quantitative estimate of drug-likeness (QED) is 0.705. The Bertz CT molecular complexity index is 816. The van der Waals surface area contributed by atoms with Crippen molar-refractivity contribution in [1.29, 1.82) is 0 Å². The fourth-order valence-electron chi connectivity index (χ4n) is 3.63. The zero-order valence-corrected chi connectivity index (χ0v) is 17.5. The van der Waals surface area contributed by atoms with Crippen LogP contribution in [0.1, 0.15) is 39.2 Å². The molecule has 2 aliphatic heterocycles. The second-order valence-corrected chi connectivity index (χ2v) is 8.73. The lowest BCUT2D eigenvalue weighted by molar-refractivity contribution is -0.161. The summed E-state index contributed by atoms with van der Waals surface area (Å²) < 4.78 is 5.30. The van der Waals surface area contributed by atoms with E-state index in [-0.39, 0.29) is 11.9 Å². The number of esters is 1. The third kappa shape index (κ3) is 4.24. The first kappa shape index (κ1) is 21.2. The number of carbonyl (C=O) groups is 4. The Hall–Kier alpha value is -2.55. The molecule has 2 saturated heterocycles. The first-order valence-electron chi connectivity index (χ1n) is 9.58. The number of rotatable bonds is 5. The number of urea groups is 1. The molecule has 2 N–H and O–H groups in total. The number of fused-ring (bicyclic) bond motifs is 1. The van der Waals surface area contributed by atoms with E-state index < -0.39 is 34.9 Å². The van der Waals surface area contributed by atoms with Crippen LogP contribution in [-0.4, -0.2) is 52.7 Å². The SMILES string of the molecule is CC(C)NC(=O)NC(=O)[C@H](C)OC(=O)[C@H]1CS[C@@]2(c3ccccc3)CCC(=O)N12. The third-order valence-electron chi connectivity index (χ3n) is 4.94. The highest BCUT2D eigenvalue weighted by Gasteiger charge is 2.57. The van der Waals surface area contributed by atoms with Crippen molar-refractivity contribution >= 4 is 35.6 Å². The van der Waals surface area contributed by atoms with Crippen molar-refractivity contribution in [1.82, 2.24) is 15.5 Å². The molecule has 0 aromatic heterocycles. The van der Waals surface area contributed by atoms with Gasteiger partial charge in [-0.3, -0.25) is 14.9 Å². The van der Waals surface area contributed by atoms with E-state index in [0.717, 1.165) is 5.56 Å². The van der Waals surface area contributed by atoms with E-state index in [0.29, 0.717) is 18.6 Å². The lowest BCUT2D eigenvalue weighted by Gasteiger charge is -2.33. The van der Waals surface area contributed by atoms with E-state index in [1.165, 1.54) is 6.92 Å². The largest absolute Gasteiger partial charge is 0.451 e. The maximum absolute atomic E-state index is 12.8. The van der Waals surface area contributed by atoms with Crippen molar-refractivity contribution in [3.05, 3.63) is 35.9 Å². The van der Waals surface area contributed by atoms with Gasteiger partial charge in [-0.15, -0.1) is 11.8 Å². The highest BCUT2D eigenvalue weighted by molar-refractivity contribution is 8.00. The molecular weight excluding hydrogens is 394 g/mol. The number of hydrogen-bond acceptors (Lipinski definition) is 6. The van der Waals surface area contributed by atoms with E-state index >= 15 is 0 Å². The lowest BCUT2D eigenvalue weighted by Crippen LogP contribution is -2.50. The molecule has 0 spiro atoms. The summed E-state index contributed by atoms with van der Waals surface area (Å²) in [5.41, 5.74) is 0.974. The van der Waals surface area contributed by atoms with Crippen LogP contribution in [-0.2, 0) is 24.0 Å². The maximum Gasteiger partial charge on any atom is 0.330 e. The molecule has 8 nitrogen and oxygen atoms in total. The number of imide groups is 1. The zero-order chi connectivity index (χ0) is 21.2. The molecule has 1 aromatic rings. The lowest BCUT2D eigenvalue weighted by atomic mass is 10.0. The molecule has 0 aliphatic carbocycles. The van der Waals surface area contributed by atoms with Gasteiger partial charge in [-0.25, -0.2) is 9.59 Å². The van der Waals surface area contributed by atoms with Crippen LogP contribution >= 0.6 is 11.8 Å². The van der Waals surface area contributed by atoms with E-state index in [1.807, 2.05) is 30.3 Å². The normalized spacial score (nSPS) is 24.2. The zero-order valence-electron chi connectivity index (χ0n) is 16.6. The summed E-state index contributed by atoms with van der Waals surface area (Å²) in [7, 11) is 0. The molecule has 2 fully saturated rings. The van der Waals surface area contributed by atoms with Gasteiger partial charge in [0.15, 0.2) is 6.10 Å². The molecular formula is C20H25N3O5S. The Morgan fingerprint density at radius 2 is 1.90 bits per heavy atom. The molecule has 2 aliphatic rings. The van der Waals surface area contributed by atoms with Crippen molar-refractivity contribution in [2.24, 2.45) is 0 Å². The molecule has 1 aromatic carbocycles. The van der Waals surface area contributed by atoms with Crippen LogP contribution in [0, 0.1) is 0 Å². The minimum absolute atomic E-state index is 0.103. The summed E-state index contributed by atoms with van der Waals surface area (Å²) >= 11 is 1.55.